The maximum Gasteiger partial charge on any atom is 0.228 e. The predicted molar refractivity (Wildman–Crippen MR) is 117 cm³/mol. The third-order valence-electron chi connectivity index (χ3n) is 4.38. The molecule has 0 saturated heterocycles. The first-order chi connectivity index (χ1) is 14.0. The largest absolute Gasteiger partial charge is 0.396 e. The van der Waals surface area contributed by atoms with E-state index in [1.807, 2.05) is 31.2 Å². The third-order valence-corrected chi connectivity index (χ3v) is 4.61. The highest BCUT2D eigenvalue weighted by atomic mass is 35.5. The standard InChI is InChI=1S/C21H32ClN5O2/c1-4-23-21(25-14-16(9-11-28)12-15(2)3)24-10-8-19-26-20(27-29-19)17-6-5-7-18(22)13-17/h5-7,13,15-16,28H,4,8-12,14H2,1-3H3,(H2,23,24,25). The summed E-state index contributed by atoms with van der Waals surface area (Å²) in [5.74, 6) is 2.81. The van der Waals surface area contributed by atoms with Crippen LogP contribution in [0.15, 0.2) is 33.8 Å². The molecule has 2 rings (SSSR count). The number of guanidine groups is 1. The Hall–Kier alpha value is -2.12. The van der Waals surface area contributed by atoms with E-state index in [9.17, 15) is 5.11 Å². The molecule has 0 saturated carbocycles. The van der Waals surface area contributed by atoms with Crippen molar-refractivity contribution in [3.05, 3.63) is 35.2 Å². The Balaban J connectivity index is 1.88. The lowest BCUT2D eigenvalue weighted by Gasteiger charge is -2.17. The molecule has 0 fully saturated rings. The van der Waals surface area contributed by atoms with Crippen LogP contribution in [0.5, 0.6) is 0 Å². The van der Waals surface area contributed by atoms with Crippen LogP contribution in [0.25, 0.3) is 11.4 Å². The van der Waals surface area contributed by atoms with Crippen molar-refractivity contribution in [2.24, 2.45) is 16.8 Å². The van der Waals surface area contributed by atoms with Crippen LogP contribution in [0.4, 0.5) is 0 Å². The molecule has 2 aromatic rings. The van der Waals surface area contributed by atoms with Crippen molar-refractivity contribution >= 4 is 17.6 Å². The number of halogens is 1. The quantitative estimate of drug-likeness (QED) is 0.379. The Bertz CT molecular complexity index is 763. The molecule has 160 valence electrons. The summed E-state index contributed by atoms with van der Waals surface area (Å²) in [6, 6.07) is 7.38. The summed E-state index contributed by atoms with van der Waals surface area (Å²) in [6.07, 6.45) is 2.41. The van der Waals surface area contributed by atoms with Crippen LogP contribution in [0.3, 0.4) is 0 Å². The first-order valence-electron chi connectivity index (χ1n) is 10.2. The van der Waals surface area contributed by atoms with E-state index in [-0.39, 0.29) is 6.61 Å². The Kier molecular flexibility index (Phi) is 9.94. The average molecular weight is 422 g/mol. The van der Waals surface area contributed by atoms with E-state index in [1.165, 1.54) is 0 Å². The number of rotatable bonds is 11. The molecule has 0 bridgehead atoms. The maximum atomic E-state index is 9.27. The number of nitrogens with one attached hydrogen (secondary N) is 2. The van der Waals surface area contributed by atoms with E-state index in [2.05, 4.69) is 39.6 Å². The molecule has 1 unspecified atom stereocenters. The van der Waals surface area contributed by atoms with Crippen LogP contribution < -0.4 is 10.6 Å². The third kappa shape index (κ3) is 8.41. The summed E-state index contributed by atoms with van der Waals surface area (Å²) in [7, 11) is 0. The highest BCUT2D eigenvalue weighted by Gasteiger charge is 2.12. The van der Waals surface area contributed by atoms with Crippen LogP contribution in [0.1, 0.15) is 39.5 Å². The molecule has 7 nitrogen and oxygen atoms in total. The summed E-state index contributed by atoms with van der Waals surface area (Å²) in [4.78, 5) is 9.11. The number of nitrogens with zero attached hydrogens (tertiary/aromatic N) is 3. The number of hydrogen-bond acceptors (Lipinski definition) is 5. The van der Waals surface area contributed by atoms with Crippen LogP contribution in [0, 0.1) is 11.8 Å². The lowest BCUT2D eigenvalue weighted by molar-refractivity contribution is 0.245. The maximum absolute atomic E-state index is 9.27. The van der Waals surface area contributed by atoms with E-state index in [0.29, 0.717) is 48.1 Å². The van der Waals surface area contributed by atoms with E-state index in [4.69, 9.17) is 16.1 Å². The van der Waals surface area contributed by atoms with Gasteiger partial charge < -0.3 is 20.3 Å². The fourth-order valence-corrected chi connectivity index (χ4v) is 3.27. The first kappa shape index (κ1) is 23.2. The SMILES string of the molecule is CCNC(=NCC(CCO)CC(C)C)NCCc1nc(-c2cccc(Cl)c2)no1. The molecule has 3 N–H and O–H groups in total. The normalized spacial score (nSPS) is 13.0. The minimum atomic E-state index is 0.197. The summed E-state index contributed by atoms with van der Waals surface area (Å²) in [5.41, 5.74) is 0.829. The van der Waals surface area contributed by atoms with Gasteiger partial charge in [0, 0.05) is 43.2 Å². The topological polar surface area (TPSA) is 95.6 Å². The van der Waals surface area contributed by atoms with Crippen LogP contribution in [-0.4, -0.2) is 47.4 Å². The lowest BCUT2D eigenvalue weighted by atomic mass is 9.94. The van der Waals surface area contributed by atoms with Crippen molar-refractivity contribution in [3.63, 3.8) is 0 Å². The molecule has 29 heavy (non-hydrogen) atoms. The molecule has 0 aliphatic heterocycles. The van der Waals surface area contributed by atoms with Gasteiger partial charge in [-0.1, -0.05) is 42.7 Å². The van der Waals surface area contributed by atoms with Gasteiger partial charge in [0.25, 0.3) is 0 Å². The van der Waals surface area contributed by atoms with Gasteiger partial charge in [0.2, 0.25) is 11.7 Å². The number of aromatic nitrogens is 2. The first-order valence-corrected chi connectivity index (χ1v) is 10.6. The van der Waals surface area contributed by atoms with Gasteiger partial charge in [0.05, 0.1) is 0 Å². The van der Waals surface area contributed by atoms with Gasteiger partial charge in [-0.25, -0.2) is 0 Å². The molecular formula is C21H32ClN5O2. The van der Waals surface area contributed by atoms with Crippen LogP contribution in [0.2, 0.25) is 5.02 Å². The Labute approximate surface area is 178 Å². The summed E-state index contributed by atoms with van der Waals surface area (Å²) >= 11 is 6.02. The van der Waals surface area contributed by atoms with Gasteiger partial charge in [-0.2, -0.15) is 4.98 Å². The smallest absolute Gasteiger partial charge is 0.228 e. The fraction of sp³-hybridized carbons (Fsp3) is 0.571. The average Bonchev–Trinajstić information content (AvgIpc) is 3.14. The van der Waals surface area contributed by atoms with Gasteiger partial charge in [-0.05, 0) is 43.7 Å². The number of benzene rings is 1. The minimum absolute atomic E-state index is 0.197. The molecule has 1 heterocycles. The number of aliphatic hydroxyl groups is 1. The lowest BCUT2D eigenvalue weighted by Crippen LogP contribution is -2.38. The second kappa shape index (κ2) is 12.4. The van der Waals surface area contributed by atoms with Gasteiger partial charge in [0.15, 0.2) is 5.96 Å². The molecule has 0 aliphatic carbocycles. The van der Waals surface area contributed by atoms with Crippen molar-refractivity contribution in [1.82, 2.24) is 20.8 Å². The van der Waals surface area contributed by atoms with Gasteiger partial charge in [-0.3, -0.25) is 4.99 Å². The zero-order valence-electron chi connectivity index (χ0n) is 17.5. The monoisotopic (exact) mass is 421 g/mol. The molecule has 1 aromatic heterocycles. The summed E-state index contributed by atoms with van der Waals surface area (Å²) in [5, 5.41) is 20.5. The van der Waals surface area contributed by atoms with Crippen molar-refractivity contribution in [3.8, 4) is 11.4 Å². The van der Waals surface area contributed by atoms with E-state index >= 15 is 0 Å². The van der Waals surface area contributed by atoms with Crippen molar-refractivity contribution < 1.29 is 9.63 Å². The van der Waals surface area contributed by atoms with Gasteiger partial charge >= 0.3 is 0 Å². The zero-order chi connectivity index (χ0) is 21.1. The van der Waals surface area contributed by atoms with Gasteiger partial charge in [-0.15, -0.1) is 0 Å². The summed E-state index contributed by atoms with van der Waals surface area (Å²) < 4.78 is 5.34. The van der Waals surface area contributed by atoms with Crippen molar-refractivity contribution in [1.29, 1.82) is 0 Å². The Morgan fingerprint density at radius 1 is 1.31 bits per heavy atom. The van der Waals surface area contributed by atoms with Crippen molar-refractivity contribution in [2.75, 3.05) is 26.2 Å². The summed E-state index contributed by atoms with van der Waals surface area (Å²) in [6.45, 7) is 8.71. The van der Waals surface area contributed by atoms with Gasteiger partial charge in [0.1, 0.15) is 0 Å². The molecule has 8 heteroatoms. The number of aliphatic imine (C=N–C) groups is 1. The second-order valence-electron chi connectivity index (χ2n) is 7.43. The van der Waals surface area contributed by atoms with E-state index in [0.717, 1.165) is 30.9 Å². The number of aliphatic hydroxyl groups excluding tert-OH is 1. The van der Waals surface area contributed by atoms with Crippen molar-refractivity contribution in [2.45, 2.75) is 40.0 Å². The highest BCUT2D eigenvalue weighted by Crippen LogP contribution is 2.20. The fourth-order valence-electron chi connectivity index (χ4n) is 3.08. The molecule has 0 radical (unpaired) electrons. The Morgan fingerprint density at radius 3 is 2.83 bits per heavy atom. The van der Waals surface area contributed by atoms with E-state index < -0.39 is 0 Å². The molecule has 0 spiro atoms. The number of hydrogen-bond donors (Lipinski definition) is 3. The molecule has 1 aromatic carbocycles. The predicted octanol–water partition coefficient (Wildman–Crippen LogP) is 3.53. The zero-order valence-corrected chi connectivity index (χ0v) is 18.2. The molecule has 0 aliphatic rings. The minimum Gasteiger partial charge on any atom is -0.396 e. The highest BCUT2D eigenvalue weighted by molar-refractivity contribution is 6.30. The molecular weight excluding hydrogens is 390 g/mol. The van der Waals surface area contributed by atoms with Crippen LogP contribution in [-0.2, 0) is 6.42 Å². The molecule has 1 atom stereocenters. The Morgan fingerprint density at radius 2 is 2.14 bits per heavy atom. The van der Waals surface area contributed by atoms with E-state index in [1.54, 1.807) is 0 Å². The molecule has 0 amide bonds. The van der Waals surface area contributed by atoms with Crippen LogP contribution >= 0.6 is 11.6 Å². The second-order valence-corrected chi connectivity index (χ2v) is 7.86.